The van der Waals surface area contributed by atoms with E-state index in [9.17, 15) is 14.4 Å². The van der Waals surface area contributed by atoms with E-state index in [4.69, 9.17) is 0 Å². The van der Waals surface area contributed by atoms with Crippen LogP contribution < -0.4 is 11.2 Å². The molecule has 31 heavy (non-hydrogen) atoms. The molecule has 0 aromatic carbocycles. The van der Waals surface area contributed by atoms with Gasteiger partial charge in [-0.15, -0.1) is 0 Å². The summed E-state index contributed by atoms with van der Waals surface area (Å²) in [6, 6.07) is 0.380. The van der Waals surface area contributed by atoms with Gasteiger partial charge in [0.2, 0.25) is 5.91 Å². The summed E-state index contributed by atoms with van der Waals surface area (Å²) in [7, 11) is 1.88. The Bertz CT molecular complexity index is 1130. The highest BCUT2D eigenvalue weighted by atomic mass is 32.2. The van der Waals surface area contributed by atoms with Crippen molar-refractivity contribution < 1.29 is 4.79 Å². The number of H-pyrrole nitrogens is 1. The molecule has 8 nitrogen and oxygen atoms in total. The van der Waals surface area contributed by atoms with E-state index < -0.39 is 11.2 Å². The lowest BCUT2D eigenvalue weighted by atomic mass is 9.87. The summed E-state index contributed by atoms with van der Waals surface area (Å²) in [5, 5.41) is 0.851. The Labute approximate surface area is 184 Å². The van der Waals surface area contributed by atoms with Gasteiger partial charge in [-0.25, -0.2) is 14.8 Å². The summed E-state index contributed by atoms with van der Waals surface area (Å²) in [5.74, 6) is 1.99. The van der Waals surface area contributed by atoms with E-state index in [1.165, 1.54) is 11.8 Å². The maximum Gasteiger partial charge on any atom is 0.330 e. The maximum absolute atomic E-state index is 12.9. The Morgan fingerprint density at radius 2 is 1.81 bits per heavy atom. The molecule has 0 unspecified atom stereocenters. The Balaban J connectivity index is 1.44. The Morgan fingerprint density at radius 1 is 1.10 bits per heavy atom. The number of hydrogen-bond acceptors (Lipinski definition) is 6. The van der Waals surface area contributed by atoms with Gasteiger partial charge in [0.05, 0.1) is 5.75 Å². The summed E-state index contributed by atoms with van der Waals surface area (Å²) >= 11 is 1.29. The number of carbonyl (C=O) groups is 1. The highest BCUT2D eigenvalue weighted by Crippen LogP contribution is 2.41. The molecule has 0 aliphatic heterocycles. The molecule has 0 saturated heterocycles. The van der Waals surface area contributed by atoms with Gasteiger partial charge in [-0.3, -0.25) is 19.1 Å². The average Bonchev–Trinajstić information content (AvgIpc) is 3.64. The average molecular weight is 444 g/mol. The van der Waals surface area contributed by atoms with E-state index in [0.717, 1.165) is 57.3 Å². The quantitative estimate of drug-likeness (QED) is 0.544. The van der Waals surface area contributed by atoms with Gasteiger partial charge in [-0.2, -0.15) is 0 Å². The summed E-state index contributed by atoms with van der Waals surface area (Å²) in [6.45, 7) is 2.27. The van der Waals surface area contributed by atoms with Crippen LogP contribution in [0.1, 0.15) is 76.1 Å². The molecule has 5 rings (SSSR count). The van der Waals surface area contributed by atoms with Gasteiger partial charge in [-0.05, 0) is 57.3 Å². The lowest BCUT2D eigenvalue weighted by molar-refractivity contribution is -0.129. The topological polar surface area (TPSA) is 101 Å². The second-order valence-electron chi connectivity index (χ2n) is 9.43. The molecule has 2 heterocycles. The van der Waals surface area contributed by atoms with Crippen LogP contribution in [0.15, 0.2) is 14.6 Å². The van der Waals surface area contributed by atoms with Gasteiger partial charge in [0, 0.05) is 25.0 Å². The number of aromatic amines is 1. The van der Waals surface area contributed by atoms with Crippen LogP contribution in [0.3, 0.4) is 0 Å². The zero-order valence-corrected chi connectivity index (χ0v) is 18.9. The number of aromatic nitrogens is 4. The smallest absolute Gasteiger partial charge is 0.330 e. The molecule has 0 radical (unpaired) electrons. The second kappa shape index (κ2) is 8.07. The zero-order chi connectivity index (χ0) is 21.7. The highest BCUT2D eigenvalue weighted by Gasteiger charge is 2.32. The number of nitrogens with one attached hydrogen (secondary N) is 1. The largest absolute Gasteiger partial charge is 0.342 e. The van der Waals surface area contributed by atoms with Crippen LogP contribution >= 0.6 is 11.8 Å². The van der Waals surface area contributed by atoms with Gasteiger partial charge >= 0.3 is 5.69 Å². The van der Waals surface area contributed by atoms with Crippen molar-refractivity contribution in [2.45, 2.75) is 81.3 Å². The molecule has 166 valence electrons. The van der Waals surface area contributed by atoms with Crippen LogP contribution in [-0.2, 0) is 4.79 Å². The van der Waals surface area contributed by atoms with Gasteiger partial charge in [0.15, 0.2) is 5.65 Å². The number of amides is 1. The van der Waals surface area contributed by atoms with Crippen molar-refractivity contribution in [1.82, 2.24) is 24.4 Å². The van der Waals surface area contributed by atoms with Crippen LogP contribution in [0.4, 0.5) is 0 Å². The standard InChI is InChI=1S/C22H29N5O3S/c1-12-3-7-14(8-4-12)26(2)16(28)11-31-21-17-19(23-18(24-21)13-5-6-13)27(15-9-10-15)22(30)25-20(17)29/h12-15H,3-11H2,1-2H3,(H,25,29,30). The van der Waals surface area contributed by atoms with Crippen molar-refractivity contribution >= 4 is 28.7 Å². The molecule has 3 aliphatic carbocycles. The molecule has 0 bridgehead atoms. The molecule has 2 aromatic heterocycles. The first-order chi connectivity index (χ1) is 14.9. The second-order valence-corrected chi connectivity index (χ2v) is 10.4. The van der Waals surface area contributed by atoms with Crippen LogP contribution in [-0.4, -0.2) is 49.2 Å². The van der Waals surface area contributed by atoms with E-state index in [-0.39, 0.29) is 29.7 Å². The van der Waals surface area contributed by atoms with Crippen LogP contribution in [0.25, 0.3) is 11.0 Å². The first-order valence-electron chi connectivity index (χ1n) is 11.4. The number of fused-ring (bicyclic) bond motifs is 1. The fraction of sp³-hybridized carbons (Fsp3) is 0.682. The molecule has 2 aromatic rings. The van der Waals surface area contributed by atoms with Crippen molar-refractivity contribution in [3.8, 4) is 0 Å². The summed E-state index contributed by atoms with van der Waals surface area (Å²) < 4.78 is 1.62. The number of nitrogens with zero attached hydrogens (tertiary/aromatic N) is 4. The lowest BCUT2D eigenvalue weighted by Gasteiger charge is -2.33. The molecule has 1 amide bonds. The Kier molecular flexibility index (Phi) is 5.40. The zero-order valence-electron chi connectivity index (χ0n) is 18.1. The third-order valence-electron chi connectivity index (χ3n) is 6.88. The van der Waals surface area contributed by atoms with E-state index in [2.05, 4.69) is 21.9 Å². The summed E-state index contributed by atoms with van der Waals surface area (Å²) in [6.07, 6.45) is 8.27. The minimum Gasteiger partial charge on any atom is -0.342 e. The molecule has 3 aliphatic rings. The van der Waals surface area contributed by atoms with Crippen LogP contribution in [0.2, 0.25) is 0 Å². The number of thioether (sulfide) groups is 1. The predicted octanol–water partition coefficient (Wildman–Crippen LogP) is 2.82. The van der Waals surface area contributed by atoms with Gasteiger partial charge in [0.25, 0.3) is 5.56 Å². The number of hydrogen-bond donors (Lipinski definition) is 1. The molecule has 0 spiro atoms. The van der Waals surface area contributed by atoms with Gasteiger partial charge < -0.3 is 4.90 Å². The predicted molar refractivity (Wildman–Crippen MR) is 120 cm³/mol. The van der Waals surface area contributed by atoms with Gasteiger partial charge in [-0.1, -0.05) is 18.7 Å². The summed E-state index contributed by atoms with van der Waals surface area (Å²) in [5.41, 5.74) is -0.444. The van der Waals surface area contributed by atoms with E-state index >= 15 is 0 Å². The van der Waals surface area contributed by atoms with E-state index in [0.29, 0.717) is 21.9 Å². The van der Waals surface area contributed by atoms with Gasteiger partial charge in [0.1, 0.15) is 16.2 Å². The van der Waals surface area contributed by atoms with Crippen molar-refractivity contribution in [1.29, 1.82) is 0 Å². The molecule has 3 saturated carbocycles. The minimum absolute atomic E-state index is 0.0521. The molecule has 0 atom stereocenters. The highest BCUT2D eigenvalue weighted by molar-refractivity contribution is 8.00. The first kappa shape index (κ1) is 20.7. The minimum atomic E-state index is -0.469. The number of carbonyl (C=O) groups excluding carboxylic acids is 1. The van der Waals surface area contributed by atoms with E-state index in [1.54, 1.807) is 4.57 Å². The third-order valence-corrected chi connectivity index (χ3v) is 7.84. The van der Waals surface area contributed by atoms with Crippen LogP contribution in [0, 0.1) is 5.92 Å². The van der Waals surface area contributed by atoms with Crippen molar-refractivity contribution in [3.63, 3.8) is 0 Å². The molecular formula is C22H29N5O3S. The van der Waals surface area contributed by atoms with Crippen molar-refractivity contribution in [2.75, 3.05) is 12.8 Å². The molecular weight excluding hydrogens is 414 g/mol. The number of rotatable bonds is 6. The third kappa shape index (κ3) is 4.16. The normalized spacial score (nSPS) is 23.8. The monoisotopic (exact) mass is 443 g/mol. The maximum atomic E-state index is 12.9. The summed E-state index contributed by atoms with van der Waals surface area (Å²) in [4.78, 5) is 51.7. The molecule has 3 fully saturated rings. The fourth-order valence-corrected chi connectivity index (χ4v) is 5.45. The first-order valence-corrected chi connectivity index (χ1v) is 12.4. The fourth-order valence-electron chi connectivity index (χ4n) is 4.50. The Morgan fingerprint density at radius 3 is 2.45 bits per heavy atom. The van der Waals surface area contributed by atoms with Crippen molar-refractivity contribution in [3.05, 3.63) is 26.7 Å². The molecule has 1 N–H and O–H groups in total. The SMILES string of the molecule is CC1CCC(N(C)C(=O)CSc2nc(C3CC3)nc3c2c(=O)[nH]c(=O)n3C2CC2)CC1. The lowest BCUT2D eigenvalue weighted by Crippen LogP contribution is -2.40. The van der Waals surface area contributed by atoms with E-state index in [1.807, 2.05) is 11.9 Å². The molecule has 9 heteroatoms. The van der Waals surface area contributed by atoms with Crippen LogP contribution in [0.5, 0.6) is 0 Å². The van der Waals surface area contributed by atoms with Crippen molar-refractivity contribution in [2.24, 2.45) is 5.92 Å². The Hall–Kier alpha value is -2.16.